The second-order valence-corrected chi connectivity index (χ2v) is 12.6. The van der Waals surface area contributed by atoms with E-state index in [1.54, 1.807) is 25.5 Å². The highest BCUT2D eigenvalue weighted by molar-refractivity contribution is 5.85. The lowest BCUT2D eigenvalue weighted by Gasteiger charge is -2.32. The number of amides is 1. The number of nitrogens with zero attached hydrogens (tertiary/aromatic N) is 4. The van der Waals surface area contributed by atoms with Crippen molar-refractivity contribution in [2.24, 2.45) is 18.9 Å². The molecule has 0 spiro atoms. The number of carbonyl (C=O) groups is 2. The van der Waals surface area contributed by atoms with Gasteiger partial charge in [-0.25, -0.2) is 4.98 Å². The molecule has 1 saturated heterocycles. The van der Waals surface area contributed by atoms with Crippen LogP contribution < -0.4 is 5.56 Å². The van der Waals surface area contributed by atoms with Gasteiger partial charge < -0.3 is 23.9 Å². The number of fused-ring (bicyclic) bond motifs is 1. The van der Waals surface area contributed by atoms with E-state index >= 15 is 0 Å². The number of benzene rings is 1. The summed E-state index contributed by atoms with van der Waals surface area (Å²) in [6.07, 6.45) is 4.04. The Kier molecular flexibility index (Phi) is 10.7. The summed E-state index contributed by atoms with van der Waals surface area (Å²) < 4.78 is 9.35. The fourth-order valence-corrected chi connectivity index (χ4v) is 5.75. The summed E-state index contributed by atoms with van der Waals surface area (Å²) in [4.78, 5) is 44.2. The monoisotopic (exact) mass is 600 g/mol. The van der Waals surface area contributed by atoms with Crippen LogP contribution in [0.15, 0.2) is 35.3 Å². The van der Waals surface area contributed by atoms with E-state index in [-0.39, 0.29) is 29.8 Å². The van der Waals surface area contributed by atoms with Gasteiger partial charge in [0.05, 0.1) is 23.1 Å². The third-order valence-corrected chi connectivity index (χ3v) is 7.87. The maximum absolute atomic E-state index is 12.7. The van der Waals surface area contributed by atoms with Crippen LogP contribution in [0.2, 0.25) is 0 Å². The summed E-state index contributed by atoms with van der Waals surface area (Å²) in [7, 11) is 1.75. The van der Waals surface area contributed by atoms with E-state index < -0.39 is 23.6 Å². The lowest BCUT2D eigenvalue weighted by Crippen LogP contribution is -2.39. The number of ether oxygens (including phenoxy) is 1. The zero-order valence-corrected chi connectivity index (χ0v) is 26.7. The average molecular weight is 601 g/mol. The zero-order chi connectivity index (χ0) is 30.1. The molecule has 42 heavy (non-hydrogen) atoms. The molecule has 0 bridgehead atoms. The summed E-state index contributed by atoms with van der Waals surface area (Å²) in [5.74, 6) is 0.161. The van der Waals surface area contributed by atoms with E-state index in [9.17, 15) is 19.5 Å². The molecular formula is C32H45ClN4O5. The molecule has 10 heteroatoms. The van der Waals surface area contributed by atoms with Crippen molar-refractivity contribution in [3.63, 3.8) is 0 Å². The van der Waals surface area contributed by atoms with Crippen LogP contribution in [0.25, 0.3) is 22.4 Å². The van der Waals surface area contributed by atoms with Crippen LogP contribution in [0.5, 0.6) is 0 Å². The van der Waals surface area contributed by atoms with Crippen molar-refractivity contribution < 1.29 is 19.4 Å². The number of hydrogen-bond acceptors (Lipinski definition) is 6. The lowest BCUT2D eigenvalue weighted by atomic mass is 9.94. The van der Waals surface area contributed by atoms with Crippen LogP contribution >= 0.6 is 12.4 Å². The van der Waals surface area contributed by atoms with Crippen LogP contribution in [-0.4, -0.2) is 60.8 Å². The number of imidazole rings is 1. The second-order valence-electron chi connectivity index (χ2n) is 12.6. The van der Waals surface area contributed by atoms with E-state index in [0.717, 1.165) is 47.4 Å². The number of aliphatic hydroxyl groups is 1. The second kappa shape index (κ2) is 13.4. The van der Waals surface area contributed by atoms with Gasteiger partial charge in [0.15, 0.2) is 0 Å². The van der Waals surface area contributed by atoms with Gasteiger partial charge in [0, 0.05) is 50.9 Å². The molecule has 3 atom stereocenters. The molecule has 0 radical (unpaired) electrons. The minimum absolute atomic E-state index is 0. The molecule has 1 amide bonds. The zero-order valence-electron chi connectivity index (χ0n) is 25.8. The van der Waals surface area contributed by atoms with Gasteiger partial charge in [0.1, 0.15) is 11.4 Å². The number of aromatic nitrogens is 3. The molecule has 0 aliphatic carbocycles. The Labute approximate surface area is 254 Å². The topological polar surface area (TPSA) is 107 Å². The SMILES string of the molecule is CC(=O)N1CCC[C@@H](Cn2c(-c3cc(C)c(=O)n(C)c3)nc3cc(CC[C@H](C(=O)OC(C)(C)C)[C@@H](C)O)ccc32)C1.Cl. The highest BCUT2D eigenvalue weighted by Gasteiger charge is 2.29. The smallest absolute Gasteiger partial charge is 0.312 e. The summed E-state index contributed by atoms with van der Waals surface area (Å²) >= 11 is 0. The largest absolute Gasteiger partial charge is 0.460 e. The van der Waals surface area contributed by atoms with E-state index in [0.29, 0.717) is 31.5 Å². The minimum Gasteiger partial charge on any atom is -0.460 e. The first-order valence-corrected chi connectivity index (χ1v) is 14.6. The molecule has 9 nitrogen and oxygen atoms in total. The number of pyridine rings is 1. The van der Waals surface area contributed by atoms with Gasteiger partial charge in [0.2, 0.25) is 5.91 Å². The molecule has 1 aliphatic rings. The van der Waals surface area contributed by atoms with Crippen LogP contribution in [0, 0.1) is 18.8 Å². The van der Waals surface area contributed by atoms with Crippen molar-refractivity contribution in [1.82, 2.24) is 19.0 Å². The Morgan fingerprint density at radius 1 is 1.21 bits per heavy atom. The molecule has 1 N–H and O–H groups in total. The van der Waals surface area contributed by atoms with Crippen LogP contribution in [0.4, 0.5) is 0 Å². The van der Waals surface area contributed by atoms with Gasteiger partial charge in [0.25, 0.3) is 5.56 Å². The summed E-state index contributed by atoms with van der Waals surface area (Å²) in [6.45, 7) is 12.7. The molecule has 1 fully saturated rings. The van der Waals surface area contributed by atoms with Crippen molar-refractivity contribution in [3.05, 3.63) is 51.9 Å². The number of hydrogen-bond donors (Lipinski definition) is 1. The maximum Gasteiger partial charge on any atom is 0.312 e. The third-order valence-electron chi connectivity index (χ3n) is 7.87. The number of aliphatic hydroxyl groups excluding tert-OH is 1. The average Bonchev–Trinajstić information content (AvgIpc) is 3.23. The van der Waals surface area contributed by atoms with Crippen molar-refractivity contribution in [2.45, 2.75) is 85.5 Å². The fourth-order valence-electron chi connectivity index (χ4n) is 5.75. The van der Waals surface area contributed by atoms with E-state index in [2.05, 4.69) is 10.6 Å². The molecule has 4 rings (SSSR count). The highest BCUT2D eigenvalue weighted by Crippen LogP contribution is 2.30. The summed E-state index contributed by atoms with van der Waals surface area (Å²) in [5, 5.41) is 10.3. The quantitative estimate of drug-likeness (QED) is 0.377. The molecule has 1 aromatic carbocycles. The van der Waals surface area contributed by atoms with Crippen molar-refractivity contribution in [2.75, 3.05) is 13.1 Å². The summed E-state index contributed by atoms with van der Waals surface area (Å²) in [6, 6.07) is 8.04. The Morgan fingerprint density at radius 3 is 2.55 bits per heavy atom. The Bertz CT molecular complexity index is 1460. The molecule has 3 aromatic rings. The number of rotatable bonds is 8. The van der Waals surface area contributed by atoms with Crippen molar-refractivity contribution in [1.29, 1.82) is 0 Å². The third kappa shape index (κ3) is 7.81. The number of halogens is 1. The first kappa shape index (κ1) is 33.3. The van der Waals surface area contributed by atoms with E-state index in [1.807, 2.05) is 57.0 Å². The van der Waals surface area contributed by atoms with Gasteiger partial charge in [-0.2, -0.15) is 0 Å². The number of carbonyl (C=O) groups excluding carboxylic acids is 2. The Morgan fingerprint density at radius 2 is 1.93 bits per heavy atom. The molecule has 0 saturated carbocycles. The lowest BCUT2D eigenvalue weighted by molar-refractivity contribution is -0.163. The molecule has 3 heterocycles. The highest BCUT2D eigenvalue weighted by atomic mass is 35.5. The van der Waals surface area contributed by atoms with Gasteiger partial charge in [-0.15, -0.1) is 12.4 Å². The summed E-state index contributed by atoms with van der Waals surface area (Å²) in [5.41, 5.74) is 3.67. The molecule has 0 unspecified atom stereocenters. The minimum atomic E-state index is -0.822. The molecule has 230 valence electrons. The van der Waals surface area contributed by atoms with Crippen molar-refractivity contribution in [3.8, 4) is 11.4 Å². The van der Waals surface area contributed by atoms with E-state index in [1.165, 1.54) is 0 Å². The standard InChI is InChI=1S/C32H44N4O5.ClH/c1-20-15-25(19-34(7)30(20)39)29-33-27-16-23(10-12-26(21(2)37)31(40)41-32(4,5)6)11-13-28(27)36(29)18-24-9-8-14-35(17-24)22(3)38;/h11,13,15-16,19,21,24,26,37H,8-10,12,14,17-18H2,1-7H3;1H/t21-,24-,26+;/m1./s1. The number of esters is 1. The number of piperidine rings is 1. The Hall–Kier alpha value is -3.17. The van der Waals surface area contributed by atoms with Gasteiger partial charge in [-0.05, 0) is 90.0 Å². The maximum atomic E-state index is 12.7. The first-order chi connectivity index (χ1) is 19.2. The van der Waals surface area contributed by atoms with Crippen molar-refractivity contribution >= 4 is 35.3 Å². The van der Waals surface area contributed by atoms with Crippen LogP contribution in [-0.2, 0) is 34.3 Å². The van der Waals surface area contributed by atoms with Gasteiger partial charge >= 0.3 is 5.97 Å². The fraction of sp³-hybridized carbons (Fsp3) is 0.562. The van der Waals surface area contributed by atoms with Crippen LogP contribution in [0.1, 0.15) is 65.0 Å². The van der Waals surface area contributed by atoms with Crippen LogP contribution in [0.3, 0.4) is 0 Å². The molecule has 2 aromatic heterocycles. The predicted octanol–water partition coefficient (Wildman–Crippen LogP) is 4.66. The van der Waals surface area contributed by atoms with Gasteiger partial charge in [-0.1, -0.05) is 6.07 Å². The number of likely N-dealkylation sites (tertiary alicyclic amines) is 1. The van der Waals surface area contributed by atoms with E-state index in [4.69, 9.17) is 9.72 Å². The Balaban J connectivity index is 0.00000484. The number of aryl methyl sites for hydroxylation is 3. The predicted molar refractivity (Wildman–Crippen MR) is 167 cm³/mol. The normalized spacial score (nSPS) is 17.0. The first-order valence-electron chi connectivity index (χ1n) is 14.6. The van der Waals surface area contributed by atoms with Gasteiger partial charge in [-0.3, -0.25) is 14.4 Å². The molecular weight excluding hydrogens is 556 g/mol. The molecule has 1 aliphatic heterocycles.